The highest BCUT2D eigenvalue weighted by Crippen LogP contribution is 2.16. The number of carbonyl (C=O) groups excluding carboxylic acids is 1. The minimum absolute atomic E-state index is 0.167. The molecule has 0 aliphatic carbocycles. The normalized spacial score (nSPS) is 11.3. The van der Waals surface area contributed by atoms with Crippen molar-refractivity contribution in [3.63, 3.8) is 0 Å². The van der Waals surface area contributed by atoms with Crippen LogP contribution in [0.2, 0.25) is 5.02 Å². The molecule has 0 aliphatic heterocycles. The molecule has 0 aromatic heterocycles. The van der Waals surface area contributed by atoms with Gasteiger partial charge < -0.3 is 11.1 Å². The van der Waals surface area contributed by atoms with Crippen molar-refractivity contribution >= 4 is 17.5 Å². The summed E-state index contributed by atoms with van der Waals surface area (Å²) in [5.41, 5.74) is 6.83. The zero-order chi connectivity index (χ0) is 12.3. The van der Waals surface area contributed by atoms with Crippen molar-refractivity contribution in [1.29, 1.82) is 0 Å². The molecule has 0 saturated heterocycles. The molecule has 1 rings (SSSR count). The van der Waals surface area contributed by atoms with E-state index in [1.54, 1.807) is 13.8 Å². The van der Waals surface area contributed by atoms with Gasteiger partial charge in [-0.15, -0.1) is 0 Å². The lowest BCUT2D eigenvalue weighted by Gasteiger charge is -2.17. The van der Waals surface area contributed by atoms with Crippen LogP contribution in [0.1, 0.15) is 25.0 Å². The van der Waals surface area contributed by atoms with Gasteiger partial charge in [-0.05, 0) is 38.0 Å². The first-order valence-corrected chi connectivity index (χ1v) is 5.50. The van der Waals surface area contributed by atoms with E-state index in [1.165, 1.54) is 0 Å². The molecular weight excluding hydrogens is 224 g/mol. The van der Waals surface area contributed by atoms with Gasteiger partial charge in [0.15, 0.2) is 0 Å². The Kier molecular flexibility index (Phi) is 3.94. The third-order valence-electron chi connectivity index (χ3n) is 2.26. The molecule has 0 unspecified atom stereocenters. The molecule has 0 bridgehead atoms. The highest BCUT2D eigenvalue weighted by Gasteiger charge is 2.20. The van der Waals surface area contributed by atoms with E-state index in [0.717, 1.165) is 16.1 Å². The monoisotopic (exact) mass is 240 g/mol. The molecule has 3 nitrogen and oxygen atoms in total. The fourth-order valence-corrected chi connectivity index (χ4v) is 1.34. The van der Waals surface area contributed by atoms with Crippen LogP contribution in [0, 0.1) is 6.92 Å². The topological polar surface area (TPSA) is 55.1 Å². The van der Waals surface area contributed by atoms with Gasteiger partial charge >= 0.3 is 0 Å². The number of halogens is 1. The van der Waals surface area contributed by atoms with Crippen molar-refractivity contribution < 1.29 is 4.79 Å². The SMILES string of the molecule is Cc1cc(CNC(=O)C(C)(C)N)ccc1Cl. The molecule has 88 valence electrons. The lowest BCUT2D eigenvalue weighted by Crippen LogP contribution is -2.48. The van der Waals surface area contributed by atoms with E-state index in [-0.39, 0.29) is 5.91 Å². The smallest absolute Gasteiger partial charge is 0.239 e. The van der Waals surface area contributed by atoms with Gasteiger partial charge in [0.2, 0.25) is 5.91 Å². The average molecular weight is 241 g/mol. The number of hydrogen-bond acceptors (Lipinski definition) is 2. The minimum atomic E-state index is -0.846. The zero-order valence-corrected chi connectivity index (χ0v) is 10.6. The number of aryl methyl sites for hydroxylation is 1. The van der Waals surface area contributed by atoms with Crippen LogP contribution in [0.5, 0.6) is 0 Å². The molecular formula is C12H17ClN2O. The number of benzene rings is 1. The Morgan fingerprint density at radius 2 is 2.12 bits per heavy atom. The Labute approximate surface area is 101 Å². The number of hydrogen-bond donors (Lipinski definition) is 2. The van der Waals surface area contributed by atoms with E-state index in [0.29, 0.717) is 6.54 Å². The summed E-state index contributed by atoms with van der Waals surface area (Å²) in [4.78, 5) is 11.5. The van der Waals surface area contributed by atoms with Crippen LogP contribution >= 0.6 is 11.6 Å². The van der Waals surface area contributed by atoms with Crippen LogP contribution < -0.4 is 11.1 Å². The molecule has 4 heteroatoms. The summed E-state index contributed by atoms with van der Waals surface area (Å²) in [5.74, 6) is -0.167. The summed E-state index contributed by atoms with van der Waals surface area (Å²) >= 11 is 5.91. The van der Waals surface area contributed by atoms with E-state index in [2.05, 4.69) is 5.32 Å². The molecule has 0 fully saturated rings. The maximum Gasteiger partial charge on any atom is 0.239 e. The summed E-state index contributed by atoms with van der Waals surface area (Å²) in [6.45, 7) is 5.75. The Bertz CT molecular complexity index is 396. The van der Waals surface area contributed by atoms with Crippen LogP contribution in [-0.4, -0.2) is 11.4 Å². The fraction of sp³-hybridized carbons (Fsp3) is 0.417. The molecule has 1 aromatic rings. The van der Waals surface area contributed by atoms with E-state index < -0.39 is 5.54 Å². The number of rotatable bonds is 3. The Morgan fingerprint density at radius 1 is 1.50 bits per heavy atom. The summed E-state index contributed by atoms with van der Waals surface area (Å²) in [6, 6.07) is 5.66. The minimum Gasteiger partial charge on any atom is -0.350 e. The molecule has 1 amide bonds. The summed E-state index contributed by atoms with van der Waals surface area (Å²) < 4.78 is 0. The van der Waals surface area contributed by atoms with Gasteiger partial charge in [0, 0.05) is 11.6 Å². The number of carbonyl (C=O) groups is 1. The van der Waals surface area contributed by atoms with E-state index >= 15 is 0 Å². The van der Waals surface area contributed by atoms with E-state index in [9.17, 15) is 4.79 Å². The third kappa shape index (κ3) is 3.51. The van der Waals surface area contributed by atoms with Gasteiger partial charge in [0.05, 0.1) is 5.54 Å². The first-order chi connectivity index (χ1) is 7.30. The standard InChI is InChI=1S/C12H17ClN2O/c1-8-6-9(4-5-10(8)13)7-15-11(16)12(2,3)14/h4-6H,7,14H2,1-3H3,(H,15,16). The van der Waals surface area contributed by atoms with Gasteiger partial charge in [-0.25, -0.2) is 0 Å². The quantitative estimate of drug-likeness (QED) is 0.849. The van der Waals surface area contributed by atoms with Gasteiger partial charge in [-0.1, -0.05) is 23.7 Å². The highest BCUT2D eigenvalue weighted by atomic mass is 35.5. The predicted octanol–water partition coefficient (Wildman–Crippen LogP) is 2.00. The highest BCUT2D eigenvalue weighted by molar-refractivity contribution is 6.31. The van der Waals surface area contributed by atoms with Gasteiger partial charge in [-0.2, -0.15) is 0 Å². The number of amides is 1. The van der Waals surface area contributed by atoms with Crippen LogP contribution in [0.15, 0.2) is 18.2 Å². The maximum absolute atomic E-state index is 11.5. The van der Waals surface area contributed by atoms with Crippen molar-refractivity contribution in [3.05, 3.63) is 34.3 Å². The molecule has 0 atom stereocenters. The number of nitrogens with one attached hydrogen (secondary N) is 1. The van der Waals surface area contributed by atoms with E-state index in [4.69, 9.17) is 17.3 Å². The van der Waals surface area contributed by atoms with E-state index in [1.807, 2.05) is 25.1 Å². The molecule has 0 saturated carbocycles. The van der Waals surface area contributed by atoms with Crippen LogP contribution in [0.3, 0.4) is 0 Å². The van der Waals surface area contributed by atoms with Crippen molar-refractivity contribution in [2.45, 2.75) is 32.9 Å². The number of nitrogens with two attached hydrogens (primary N) is 1. The molecule has 3 N–H and O–H groups in total. The summed E-state index contributed by atoms with van der Waals surface area (Å²) in [6.07, 6.45) is 0. The Morgan fingerprint density at radius 3 is 2.62 bits per heavy atom. The van der Waals surface area contributed by atoms with Crippen LogP contribution in [0.4, 0.5) is 0 Å². The fourth-order valence-electron chi connectivity index (χ4n) is 1.23. The van der Waals surface area contributed by atoms with Crippen molar-refractivity contribution in [2.75, 3.05) is 0 Å². The maximum atomic E-state index is 11.5. The zero-order valence-electron chi connectivity index (χ0n) is 9.80. The molecule has 0 spiro atoms. The Balaban J connectivity index is 2.62. The third-order valence-corrected chi connectivity index (χ3v) is 2.68. The largest absolute Gasteiger partial charge is 0.350 e. The van der Waals surface area contributed by atoms with Gasteiger partial charge in [-0.3, -0.25) is 4.79 Å². The predicted molar refractivity (Wildman–Crippen MR) is 66.3 cm³/mol. The second kappa shape index (κ2) is 4.85. The molecule has 16 heavy (non-hydrogen) atoms. The summed E-state index contributed by atoms with van der Waals surface area (Å²) in [5, 5.41) is 3.51. The van der Waals surface area contributed by atoms with Crippen molar-refractivity contribution in [2.24, 2.45) is 5.73 Å². The first kappa shape index (κ1) is 13.0. The molecule has 0 heterocycles. The molecule has 0 aliphatic rings. The van der Waals surface area contributed by atoms with Crippen molar-refractivity contribution in [3.8, 4) is 0 Å². The molecule has 0 radical (unpaired) electrons. The molecule has 1 aromatic carbocycles. The van der Waals surface area contributed by atoms with Gasteiger partial charge in [0.25, 0.3) is 0 Å². The lowest BCUT2D eigenvalue weighted by molar-refractivity contribution is -0.125. The van der Waals surface area contributed by atoms with Crippen LogP contribution in [0.25, 0.3) is 0 Å². The first-order valence-electron chi connectivity index (χ1n) is 5.13. The second-order valence-corrected chi connectivity index (χ2v) is 4.90. The Hall–Kier alpha value is -1.06. The van der Waals surface area contributed by atoms with Gasteiger partial charge in [0.1, 0.15) is 0 Å². The van der Waals surface area contributed by atoms with Crippen LogP contribution in [-0.2, 0) is 11.3 Å². The average Bonchev–Trinajstić information content (AvgIpc) is 2.18. The summed E-state index contributed by atoms with van der Waals surface area (Å²) in [7, 11) is 0. The lowest BCUT2D eigenvalue weighted by atomic mass is 10.1. The van der Waals surface area contributed by atoms with Crippen molar-refractivity contribution in [1.82, 2.24) is 5.32 Å². The second-order valence-electron chi connectivity index (χ2n) is 4.49.